The van der Waals surface area contributed by atoms with Gasteiger partial charge in [-0.3, -0.25) is 0 Å². The zero-order valence-electron chi connectivity index (χ0n) is 4.58. The molecule has 0 aromatic rings. The van der Waals surface area contributed by atoms with Gasteiger partial charge in [0, 0.05) is 0 Å². The molecule has 8 N–H and O–H groups in total. The quantitative estimate of drug-likeness (QED) is 0.134. The Balaban J connectivity index is 0. The van der Waals surface area contributed by atoms with Crippen molar-refractivity contribution >= 4 is 9.05 Å². The minimum Gasteiger partial charge on any atom is -0.368 e. The van der Waals surface area contributed by atoms with E-state index in [0.29, 0.717) is 0 Å². The van der Waals surface area contributed by atoms with Crippen LogP contribution in [-0.2, 0) is 0 Å². The molecule has 10 heavy (non-hydrogen) atoms. The second-order valence-electron chi connectivity index (χ2n) is 1.20. The second-order valence-corrected chi connectivity index (χ2v) is 2.40. The van der Waals surface area contributed by atoms with Crippen LogP contribution in [0.2, 0.25) is 0 Å². The van der Waals surface area contributed by atoms with Gasteiger partial charge in [-0.1, -0.05) is 0 Å². The van der Waals surface area contributed by atoms with Crippen molar-refractivity contribution in [3.05, 3.63) is 0 Å². The maximum Gasteiger partial charge on any atom is 0.668 e. The summed E-state index contributed by atoms with van der Waals surface area (Å²) in [6.45, 7) is 0. The van der Waals surface area contributed by atoms with Crippen LogP contribution in [-0.4, -0.2) is 54.8 Å². The molecule has 0 spiro atoms. The Morgan fingerprint density at radius 3 is 0.700 bits per heavy atom. The highest BCUT2D eigenvalue weighted by atomic mass is 28.4. The van der Waals surface area contributed by atoms with Gasteiger partial charge in [0.25, 0.3) is 0 Å². The zero-order valence-corrected chi connectivity index (χ0v) is 5.58. The van der Waals surface area contributed by atoms with Crippen LogP contribution in [0.5, 0.6) is 0 Å². The summed E-state index contributed by atoms with van der Waals surface area (Å²) in [5.74, 6) is 0. The molecule has 9 heteroatoms. The Bertz CT molecular complexity index is 52.2. The van der Waals surface area contributed by atoms with Crippen molar-refractivity contribution in [1.29, 1.82) is 0 Å². The molecule has 64 valence electrons. The zero-order chi connectivity index (χ0) is 9.00. The van der Waals surface area contributed by atoms with Crippen molar-refractivity contribution < 1.29 is 39.6 Å². The molecule has 0 unspecified atom stereocenters. The molecule has 0 aliphatic rings. The SMILES string of the molecule is OC(O)(O)O.O[Si](O)(O)O. The fourth-order valence-electron chi connectivity index (χ4n) is 0. The molecule has 0 fully saturated rings. The van der Waals surface area contributed by atoms with E-state index in [2.05, 4.69) is 0 Å². The van der Waals surface area contributed by atoms with Gasteiger partial charge in [-0.05, 0) is 0 Å². The summed E-state index contributed by atoms with van der Waals surface area (Å²) >= 11 is 0. The van der Waals surface area contributed by atoms with E-state index in [1.165, 1.54) is 0 Å². The van der Waals surface area contributed by atoms with Crippen molar-refractivity contribution in [2.75, 3.05) is 0 Å². The van der Waals surface area contributed by atoms with Crippen LogP contribution >= 0.6 is 0 Å². The highest BCUT2D eigenvalue weighted by Gasteiger charge is 2.22. The summed E-state index contributed by atoms with van der Waals surface area (Å²) in [4.78, 5) is 29.3. The van der Waals surface area contributed by atoms with E-state index in [1.54, 1.807) is 0 Å². The fourth-order valence-corrected chi connectivity index (χ4v) is 0. The maximum absolute atomic E-state index is 7.33. The van der Waals surface area contributed by atoms with Gasteiger partial charge >= 0.3 is 15.2 Å². The third-order valence-electron chi connectivity index (χ3n) is 0. The first kappa shape index (κ1) is 12.6. The third kappa shape index (κ3) is 35300. The third-order valence-corrected chi connectivity index (χ3v) is 0. The average Bonchev–Trinajstić information content (AvgIpc) is 1.12. The van der Waals surface area contributed by atoms with E-state index in [9.17, 15) is 0 Å². The first-order valence-electron chi connectivity index (χ1n) is 1.79. The van der Waals surface area contributed by atoms with Crippen molar-refractivity contribution in [3.8, 4) is 0 Å². The lowest BCUT2D eigenvalue weighted by molar-refractivity contribution is -0.436. The van der Waals surface area contributed by atoms with Gasteiger partial charge < -0.3 is 39.6 Å². The van der Waals surface area contributed by atoms with E-state index in [0.717, 1.165) is 0 Å². The van der Waals surface area contributed by atoms with Crippen LogP contribution in [0.4, 0.5) is 0 Å². The lowest BCUT2D eigenvalue weighted by atomic mass is 11.2. The number of aliphatic hydroxyl groups is 4. The van der Waals surface area contributed by atoms with Crippen LogP contribution in [0.25, 0.3) is 0 Å². The molecule has 0 radical (unpaired) electrons. The standard InChI is InChI=1S/CH4O4.H4O4Si/c2-1(3,4)5;1-5(2,3)4/h2-5H;1-4H. The summed E-state index contributed by atoms with van der Waals surface area (Å²) in [6.07, 6.45) is -3.50. The van der Waals surface area contributed by atoms with Crippen molar-refractivity contribution in [2.45, 2.75) is 6.16 Å². The highest BCUT2D eigenvalue weighted by molar-refractivity contribution is 6.46. The molecule has 0 aromatic heterocycles. The fraction of sp³-hybridized carbons (Fsp3) is 1.00. The summed E-state index contributed by atoms with van der Waals surface area (Å²) in [5.41, 5.74) is 0. The summed E-state index contributed by atoms with van der Waals surface area (Å²) in [6, 6.07) is 0. The first-order valence-corrected chi connectivity index (χ1v) is 3.58. The Morgan fingerprint density at radius 1 is 0.700 bits per heavy atom. The van der Waals surface area contributed by atoms with Gasteiger partial charge in [-0.25, -0.2) is 0 Å². The monoisotopic (exact) mass is 176 g/mol. The topological polar surface area (TPSA) is 162 Å². The number of rotatable bonds is 0. The molecule has 0 aromatic carbocycles. The average molecular weight is 176 g/mol. The summed E-state index contributed by atoms with van der Waals surface area (Å²) < 4.78 is 0. The molecule has 0 atom stereocenters. The van der Waals surface area contributed by atoms with Gasteiger partial charge in [0.2, 0.25) is 0 Å². The van der Waals surface area contributed by atoms with Crippen LogP contribution in [0.3, 0.4) is 0 Å². The largest absolute Gasteiger partial charge is 0.668 e. The van der Waals surface area contributed by atoms with Crippen molar-refractivity contribution in [1.82, 2.24) is 0 Å². The number of hydrogen-bond acceptors (Lipinski definition) is 8. The van der Waals surface area contributed by atoms with Crippen LogP contribution < -0.4 is 0 Å². The highest BCUT2D eigenvalue weighted by Crippen LogP contribution is 1.75. The molecular formula is CH8O8Si. The molecule has 0 aliphatic carbocycles. The second kappa shape index (κ2) is 3.92. The Labute approximate surface area is 56.0 Å². The van der Waals surface area contributed by atoms with Crippen molar-refractivity contribution in [2.24, 2.45) is 0 Å². The van der Waals surface area contributed by atoms with Crippen LogP contribution in [0.15, 0.2) is 0 Å². The Hall–Kier alpha value is -0.103. The minimum atomic E-state index is -4.61. The predicted molar refractivity (Wildman–Crippen MR) is 26.2 cm³/mol. The smallest absolute Gasteiger partial charge is 0.368 e. The van der Waals surface area contributed by atoms with E-state index in [-0.39, 0.29) is 0 Å². The van der Waals surface area contributed by atoms with Gasteiger partial charge in [-0.2, -0.15) is 0 Å². The maximum atomic E-state index is 7.33. The van der Waals surface area contributed by atoms with E-state index >= 15 is 0 Å². The van der Waals surface area contributed by atoms with Gasteiger partial charge in [0.1, 0.15) is 0 Å². The molecular weight excluding hydrogens is 168 g/mol. The molecule has 0 saturated carbocycles. The van der Waals surface area contributed by atoms with E-state index < -0.39 is 15.2 Å². The van der Waals surface area contributed by atoms with Crippen LogP contribution in [0.1, 0.15) is 0 Å². The van der Waals surface area contributed by atoms with Gasteiger partial charge in [0.05, 0.1) is 0 Å². The molecule has 0 aliphatic heterocycles. The summed E-state index contributed by atoms with van der Waals surface area (Å²) in [7, 11) is -4.61. The predicted octanol–water partition coefficient (Wildman–Crippen LogP) is -5.04. The summed E-state index contributed by atoms with van der Waals surface area (Å²) in [5, 5.41) is 28.8. The van der Waals surface area contributed by atoms with Gasteiger partial charge in [0.15, 0.2) is 0 Å². The Kier molecular flexibility index (Phi) is 4.92. The molecule has 0 bridgehead atoms. The van der Waals surface area contributed by atoms with Crippen molar-refractivity contribution in [3.63, 3.8) is 0 Å². The minimum absolute atomic E-state index is 3.50. The lowest BCUT2D eigenvalue weighted by Gasteiger charge is -1.99. The molecule has 0 rings (SSSR count). The lowest BCUT2D eigenvalue weighted by Crippen LogP contribution is -2.33. The molecule has 0 saturated heterocycles. The Morgan fingerprint density at radius 2 is 0.700 bits per heavy atom. The van der Waals surface area contributed by atoms with E-state index in [4.69, 9.17) is 39.6 Å². The molecule has 0 amide bonds. The normalized spacial score (nSPS) is 12.0. The molecule has 0 heterocycles. The molecule has 8 nitrogen and oxygen atoms in total. The van der Waals surface area contributed by atoms with Gasteiger partial charge in [-0.15, -0.1) is 0 Å². The number of hydrogen-bond donors (Lipinski definition) is 8. The first-order chi connectivity index (χ1) is 4.00. The van der Waals surface area contributed by atoms with E-state index in [1.807, 2.05) is 0 Å². The van der Waals surface area contributed by atoms with Crippen LogP contribution in [0, 0.1) is 0 Å².